The zero-order valence-corrected chi connectivity index (χ0v) is 11.5. The maximum Gasteiger partial charge on any atom is 0.313 e. The van der Waals surface area contributed by atoms with Crippen molar-refractivity contribution in [3.63, 3.8) is 0 Å². The molecule has 6 heteroatoms. The van der Waals surface area contributed by atoms with Gasteiger partial charge in [0, 0.05) is 5.69 Å². The highest BCUT2D eigenvalue weighted by atomic mass is 32.1. The van der Waals surface area contributed by atoms with Crippen molar-refractivity contribution >= 4 is 34.7 Å². The molecule has 0 aliphatic heterocycles. The lowest BCUT2D eigenvalue weighted by Gasteiger charge is -2.06. The number of thiocarbonyl (C=S) groups is 1. The first-order valence-corrected chi connectivity index (χ1v) is 6.40. The van der Waals surface area contributed by atoms with E-state index in [1.165, 1.54) is 5.56 Å². The van der Waals surface area contributed by atoms with Crippen LogP contribution in [0.4, 0.5) is 5.69 Å². The van der Waals surface area contributed by atoms with E-state index < -0.39 is 11.8 Å². The van der Waals surface area contributed by atoms with Crippen molar-refractivity contribution < 1.29 is 9.59 Å². The van der Waals surface area contributed by atoms with E-state index in [9.17, 15) is 9.59 Å². The molecular weight excluding hydrogens is 262 g/mol. The summed E-state index contributed by atoms with van der Waals surface area (Å²) in [6.45, 7) is 2.11. The van der Waals surface area contributed by atoms with Gasteiger partial charge in [0.25, 0.3) is 0 Å². The van der Waals surface area contributed by atoms with Crippen molar-refractivity contribution in [2.45, 2.75) is 19.8 Å². The Morgan fingerprint density at radius 1 is 1.21 bits per heavy atom. The summed E-state index contributed by atoms with van der Waals surface area (Å²) in [5, 5.41) is 4.82. The molecule has 4 N–H and O–H groups in total. The molecule has 0 aromatic heterocycles. The van der Waals surface area contributed by atoms with Crippen LogP contribution in [0.2, 0.25) is 0 Å². The van der Waals surface area contributed by atoms with E-state index in [1.54, 1.807) is 12.1 Å². The number of carbonyl (C=O) groups is 2. The van der Waals surface area contributed by atoms with Crippen molar-refractivity contribution in [1.29, 1.82) is 0 Å². The number of benzene rings is 1. The summed E-state index contributed by atoms with van der Waals surface area (Å²) < 4.78 is 0. The van der Waals surface area contributed by atoms with Gasteiger partial charge in [0.1, 0.15) is 0 Å². The number of anilines is 1. The number of nitrogens with two attached hydrogens (primary N) is 1. The van der Waals surface area contributed by atoms with Crippen molar-refractivity contribution in [1.82, 2.24) is 5.32 Å². The lowest BCUT2D eigenvalue weighted by atomic mass is 10.1. The molecular formula is C13H17N3O2S. The van der Waals surface area contributed by atoms with E-state index in [4.69, 9.17) is 5.73 Å². The number of amides is 2. The van der Waals surface area contributed by atoms with Crippen LogP contribution in [-0.2, 0) is 16.0 Å². The first kappa shape index (κ1) is 15.1. The molecule has 19 heavy (non-hydrogen) atoms. The molecule has 0 atom stereocenters. The van der Waals surface area contributed by atoms with Gasteiger partial charge < -0.3 is 16.4 Å². The molecule has 1 rings (SSSR count). The Kier molecular flexibility index (Phi) is 5.95. The van der Waals surface area contributed by atoms with Gasteiger partial charge >= 0.3 is 11.8 Å². The molecule has 0 saturated heterocycles. The Morgan fingerprint density at radius 3 is 2.37 bits per heavy atom. The zero-order valence-electron chi connectivity index (χ0n) is 10.7. The third-order valence-corrected chi connectivity index (χ3v) is 2.52. The highest BCUT2D eigenvalue weighted by Gasteiger charge is 2.13. The van der Waals surface area contributed by atoms with E-state index >= 15 is 0 Å². The molecule has 5 nitrogen and oxygen atoms in total. The zero-order chi connectivity index (χ0) is 14.3. The Labute approximate surface area is 117 Å². The third kappa shape index (κ3) is 5.48. The number of carbonyl (C=O) groups excluding carboxylic acids is 2. The Balaban J connectivity index is 2.51. The van der Waals surface area contributed by atoms with E-state index in [-0.39, 0.29) is 11.5 Å². The second-order valence-electron chi connectivity index (χ2n) is 4.05. The minimum atomic E-state index is -0.759. The lowest BCUT2D eigenvalue weighted by molar-refractivity contribution is -0.135. The number of rotatable bonds is 5. The van der Waals surface area contributed by atoms with Crippen LogP contribution in [0.1, 0.15) is 18.9 Å². The fourth-order valence-electron chi connectivity index (χ4n) is 1.48. The number of hydrogen-bond acceptors (Lipinski definition) is 3. The molecule has 1 aromatic rings. The second-order valence-corrected chi connectivity index (χ2v) is 4.57. The number of aryl methyl sites for hydroxylation is 1. The van der Waals surface area contributed by atoms with E-state index in [1.807, 2.05) is 12.1 Å². The molecule has 102 valence electrons. The van der Waals surface area contributed by atoms with Crippen LogP contribution in [0.3, 0.4) is 0 Å². The van der Waals surface area contributed by atoms with E-state index in [2.05, 4.69) is 29.8 Å². The molecule has 0 unspecified atom stereocenters. The Bertz CT molecular complexity index is 471. The Morgan fingerprint density at radius 2 is 1.84 bits per heavy atom. The topological polar surface area (TPSA) is 84.2 Å². The van der Waals surface area contributed by atoms with Gasteiger partial charge in [-0.3, -0.25) is 9.59 Å². The van der Waals surface area contributed by atoms with E-state index in [0.717, 1.165) is 12.8 Å². The Hall–Kier alpha value is -1.95. The highest BCUT2D eigenvalue weighted by Crippen LogP contribution is 2.10. The average Bonchev–Trinajstić information content (AvgIpc) is 2.38. The van der Waals surface area contributed by atoms with Crippen molar-refractivity contribution in [2.24, 2.45) is 5.73 Å². The molecule has 0 bridgehead atoms. The van der Waals surface area contributed by atoms with Crippen molar-refractivity contribution in [3.05, 3.63) is 29.8 Å². The standard InChI is InChI=1S/C13H17N3O2S/c1-2-3-9-4-6-10(7-5-9)16-13(18)12(17)15-8-11(14)19/h4-7H,2-3,8H2,1H3,(H2,14,19)(H,15,17)(H,16,18). The first-order chi connectivity index (χ1) is 9.02. The maximum atomic E-state index is 11.5. The first-order valence-electron chi connectivity index (χ1n) is 5.99. The van der Waals surface area contributed by atoms with Crippen LogP contribution >= 0.6 is 12.2 Å². The number of hydrogen-bond donors (Lipinski definition) is 3. The SMILES string of the molecule is CCCc1ccc(NC(=O)C(=O)NCC(N)=S)cc1. The fraction of sp³-hybridized carbons (Fsp3) is 0.308. The molecule has 0 fully saturated rings. The van der Waals surface area contributed by atoms with Gasteiger partial charge in [0.05, 0.1) is 11.5 Å². The molecule has 1 aromatic carbocycles. The summed E-state index contributed by atoms with van der Waals surface area (Å²) in [7, 11) is 0. The van der Waals surface area contributed by atoms with Crippen LogP contribution in [-0.4, -0.2) is 23.3 Å². The van der Waals surface area contributed by atoms with Gasteiger partial charge in [-0.25, -0.2) is 0 Å². The molecule has 2 amide bonds. The quantitative estimate of drug-likeness (QED) is 0.554. The predicted molar refractivity (Wildman–Crippen MR) is 78.9 cm³/mol. The van der Waals surface area contributed by atoms with Gasteiger partial charge in [0.15, 0.2) is 0 Å². The minimum Gasteiger partial charge on any atom is -0.392 e. The van der Waals surface area contributed by atoms with Gasteiger partial charge in [0.2, 0.25) is 0 Å². The molecule has 0 aliphatic rings. The smallest absolute Gasteiger partial charge is 0.313 e. The largest absolute Gasteiger partial charge is 0.392 e. The van der Waals surface area contributed by atoms with Crippen LogP contribution in [0.5, 0.6) is 0 Å². The minimum absolute atomic E-state index is 0.0109. The molecule has 0 saturated carbocycles. The number of nitrogens with one attached hydrogen (secondary N) is 2. The second kappa shape index (κ2) is 7.48. The van der Waals surface area contributed by atoms with Crippen molar-refractivity contribution in [2.75, 3.05) is 11.9 Å². The maximum absolute atomic E-state index is 11.5. The van der Waals surface area contributed by atoms with Gasteiger partial charge in [-0.05, 0) is 24.1 Å². The summed E-state index contributed by atoms with van der Waals surface area (Å²) in [5.74, 6) is -1.50. The van der Waals surface area contributed by atoms with Crippen molar-refractivity contribution in [3.8, 4) is 0 Å². The van der Waals surface area contributed by atoms with Gasteiger partial charge in [-0.1, -0.05) is 37.7 Å². The summed E-state index contributed by atoms with van der Waals surface area (Å²) in [6.07, 6.45) is 2.05. The van der Waals surface area contributed by atoms with Crippen LogP contribution in [0.15, 0.2) is 24.3 Å². The summed E-state index contributed by atoms with van der Waals surface area (Å²) in [5.41, 5.74) is 7.00. The molecule has 0 radical (unpaired) electrons. The summed E-state index contributed by atoms with van der Waals surface area (Å²) >= 11 is 4.60. The predicted octanol–water partition coefficient (Wildman–Crippen LogP) is 0.980. The van der Waals surface area contributed by atoms with Crippen LogP contribution in [0, 0.1) is 0 Å². The normalized spacial score (nSPS) is 9.74. The van der Waals surface area contributed by atoms with Gasteiger partial charge in [-0.15, -0.1) is 0 Å². The monoisotopic (exact) mass is 279 g/mol. The van der Waals surface area contributed by atoms with Crippen LogP contribution < -0.4 is 16.4 Å². The summed E-state index contributed by atoms with van der Waals surface area (Å²) in [4.78, 5) is 23.0. The molecule has 0 heterocycles. The van der Waals surface area contributed by atoms with Crippen LogP contribution in [0.25, 0.3) is 0 Å². The van der Waals surface area contributed by atoms with Gasteiger partial charge in [-0.2, -0.15) is 0 Å². The lowest BCUT2D eigenvalue weighted by Crippen LogP contribution is -2.39. The third-order valence-electron chi connectivity index (χ3n) is 2.38. The molecule has 0 aliphatic carbocycles. The fourth-order valence-corrected chi connectivity index (χ4v) is 1.55. The molecule has 0 spiro atoms. The van der Waals surface area contributed by atoms with E-state index in [0.29, 0.717) is 5.69 Å². The highest BCUT2D eigenvalue weighted by molar-refractivity contribution is 7.80. The average molecular weight is 279 g/mol. The summed E-state index contributed by atoms with van der Waals surface area (Å²) in [6, 6.07) is 7.38.